The Morgan fingerprint density at radius 3 is 2.47 bits per heavy atom. The van der Waals surface area contributed by atoms with Crippen LogP contribution in [0.3, 0.4) is 0 Å². The normalized spacial score (nSPS) is 15.6. The van der Waals surface area contributed by atoms with Gasteiger partial charge in [0.15, 0.2) is 0 Å². The SMILES string of the molecule is CC(=O)Nc1ccc(Oc2ccc(-c3ccc(C(C)C)nn3)cc2)c(CN2CC(C)CC2=O)c1. The summed E-state index contributed by atoms with van der Waals surface area (Å²) >= 11 is 0. The topological polar surface area (TPSA) is 84.4 Å². The number of benzene rings is 2. The number of hydrogen-bond acceptors (Lipinski definition) is 5. The van der Waals surface area contributed by atoms with E-state index in [2.05, 4.69) is 36.3 Å². The maximum atomic E-state index is 12.4. The minimum atomic E-state index is -0.148. The van der Waals surface area contributed by atoms with Crippen LogP contribution >= 0.6 is 0 Å². The Labute approximate surface area is 200 Å². The van der Waals surface area contributed by atoms with E-state index in [0.717, 1.165) is 22.5 Å². The molecule has 0 aliphatic carbocycles. The molecule has 0 bridgehead atoms. The van der Waals surface area contributed by atoms with Crippen LogP contribution in [0.5, 0.6) is 11.5 Å². The number of carbonyl (C=O) groups is 2. The Balaban J connectivity index is 1.54. The van der Waals surface area contributed by atoms with Crippen LogP contribution in [-0.2, 0) is 16.1 Å². The van der Waals surface area contributed by atoms with Gasteiger partial charge in [0.05, 0.1) is 11.4 Å². The molecule has 3 aromatic rings. The summed E-state index contributed by atoms with van der Waals surface area (Å²) in [4.78, 5) is 25.7. The van der Waals surface area contributed by atoms with Crippen LogP contribution in [0.2, 0.25) is 0 Å². The van der Waals surface area contributed by atoms with E-state index in [9.17, 15) is 9.59 Å². The van der Waals surface area contributed by atoms with Crippen molar-refractivity contribution < 1.29 is 14.3 Å². The third-order valence-electron chi connectivity index (χ3n) is 5.80. The lowest BCUT2D eigenvalue weighted by Crippen LogP contribution is -2.24. The molecule has 0 spiro atoms. The fourth-order valence-corrected chi connectivity index (χ4v) is 4.04. The van der Waals surface area contributed by atoms with E-state index in [1.807, 2.05) is 53.4 Å². The highest BCUT2D eigenvalue weighted by molar-refractivity contribution is 5.89. The summed E-state index contributed by atoms with van der Waals surface area (Å²) in [7, 11) is 0. The number of likely N-dealkylation sites (tertiary alicyclic amines) is 1. The minimum absolute atomic E-state index is 0.136. The Hall–Kier alpha value is -3.74. The van der Waals surface area contributed by atoms with Crippen molar-refractivity contribution in [3.8, 4) is 22.8 Å². The molecule has 0 saturated carbocycles. The van der Waals surface area contributed by atoms with E-state index < -0.39 is 0 Å². The molecule has 1 aliphatic rings. The summed E-state index contributed by atoms with van der Waals surface area (Å²) in [5.74, 6) is 1.98. The summed E-state index contributed by atoms with van der Waals surface area (Å²) in [5, 5.41) is 11.4. The van der Waals surface area contributed by atoms with E-state index in [0.29, 0.717) is 48.5 Å². The molecule has 2 aromatic carbocycles. The van der Waals surface area contributed by atoms with Gasteiger partial charge in [-0.2, -0.15) is 10.2 Å². The highest BCUT2D eigenvalue weighted by Gasteiger charge is 2.27. The van der Waals surface area contributed by atoms with Crippen molar-refractivity contribution in [1.29, 1.82) is 0 Å². The van der Waals surface area contributed by atoms with Gasteiger partial charge in [0.25, 0.3) is 0 Å². The number of carbonyl (C=O) groups excluding carboxylic acids is 2. The predicted molar refractivity (Wildman–Crippen MR) is 132 cm³/mol. The number of ether oxygens (including phenoxy) is 1. The zero-order valence-corrected chi connectivity index (χ0v) is 20.0. The largest absolute Gasteiger partial charge is 0.457 e. The van der Waals surface area contributed by atoms with Gasteiger partial charge in [0.2, 0.25) is 11.8 Å². The highest BCUT2D eigenvalue weighted by atomic mass is 16.5. The first-order valence-electron chi connectivity index (χ1n) is 11.6. The molecule has 2 heterocycles. The number of aromatic nitrogens is 2. The Kier molecular flexibility index (Phi) is 6.91. The molecule has 7 heteroatoms. The van der Waals surface area contributed by atoms with Crippen LogP contribution in [0.4, 0.5) is 5.69 Å². The molecule has 1 saturated heterocycles. The summed E-state index contributed by atoms with van der Waals surface area (Å²) in [6.07, 6.45) is 0.560. The maximum Gasteiger partial charge on any atom is 0.223 e. The average molecular weight is 459 g/mol. The monoisotopic (exact) mass is 458 g/mol. The van der Waals surface area contributed by atoms with Crippen molar-refractivity contribution in [2.24, 2.45) is 5.92 Å². The Bertz CT molecular complexity index is 1170. The quantitative estimate of drug-likeness (QED) is 0.513. The molecule has 1 aliphatic heterocycles. The van der Waals surface area contributed by atoms with Crippen molar-refractivity contribution in [3.05, 3.63) is 65.9 Å². The van der Waals surface area contributed by atoms with Crippen LogP contribution in [0.15, 0.2) is 54.6 Å². The molecule has 34 heavy (non-hydrogen) atoms. The van der Waals surface area contributed by atoms with E-state index in [4.69, 9.17) is 4.74 Å². The number of anilines is 1. The van der Waals surface area contributed by atoms with Gasteiger partial charge in [-0.1, -0.05) is 20.8 Å². The van der Waals surface area contributed by atoms with Gasteiger partial charge in [-0.05, 0) is 66.4 Å². The fourth-order valence-electron chi connectivity index (χ4n) is 4.04. The highest BCUT2D eigenvalue weighted by Crippen LogP contribution is 2.32. The van der Waals surface area contributed by atoms with Gasteiger partial charge in [0, 0.05) is 43.2 Å². The van der Waals surface area contributed by atoms with Crippen molar-refractivity contribution in [1.82, 2.24) is 15.1 Å². The molecular weight excluding hydrogens is 428 g/mol. The molecule has 1 N–H and O–H groups in total. The molecule has 176 valence electrons. The third kappa shape index (κ3) is 5.60. The predicted octanol–water partition coefficient (Wildman–Crippen LogP) is 5.39. The van der Waals surface area contributed by atoms with E-state index >= 15 is 0 Å². The molecule has 1 atom stereocenters. The fraction of sp³-hybridized carbons (Fsp3) is 0.333. The summed E-state index contributed by atoms with van der Waals surface area (Å²) < 4.78 is 6.20. The van der Waals surface area contributed by atoms with Crippen molar-refractivity contribution in [3.63, 3.8) is 0 Å². The first-order chi connectivity index (χ1) is 16.3. The summed E-state index contributed by atoms with van der Waals surface area (Å²) in [6.45, 7) is 8.87. The van der Waals surface area contributed by atoms with Gasteiger partial charge < -0.3 is 15.0 Å². The van der Waals surface area contributed by atoms with Gasteiger partial charge in [-0.3, -0.25) is 9.59 Å². The van der Waals surface area contributed by atoms with E-state index in [-0.39, 0.29) is 11.8 Å². The summed E-state index contributed by atoms with van der Waals surface area (Å²) in [6, 6.07) is 17.2. The second kappa shape index (κ2) is 10.0. The Morgan fingerprint density at radius 1 is 1.12 bits per heavy atom. The number of nitrogens with one attached hydrogen (secondary N) is 1. The van der Waals surface area contributed by atoms with Crippen LogP contribution in [0, 0.1) is 5.92 Å². The zero-order chi connectivity index (χ0) is 24.2. The van der Waals surface area contributed by atoms with Gasteiger partial charge in [-0.25, -0.2) is 0 Å². The summed E-state index contributed by atoms with van der Waals surface area (Å²) in [5.41, 5.74) is 4.23. The second-order valence-corrected chi connectivity index (χ2v) is 9.21. The van der Waals surface area contributed by atoms with Gasteiger partial charge in [-0.15, -0.1) is 0 Å². The average Bonchev–Trinajstić information content (AvgIpc) is 3.12. The van der Waals surface area contributed by atoms with Gasteiger partial charge in [0.1, 0.15) is 11.5 Å². The lowest BCUT2D eigenvalue weighted by atomic mass is 10.1. The van der Waals surface area contributed by atoms with Crippen molar-refractivity contribution in [2.75, 3.05) is 11.9 Å². The van der Waals surface area contributed by atoms with Crippen LogP contribution in [-0.4, -0.2) is 33.5 Å². The zero-order valence-electron chi connectivity index (χ0n) is 20.0. The number of nitrogens with zero attached hydrogens (tertiary/aromatic N) is 3. The smallest absolute Gasteiger partial charge is 0.223 e. The lowest BCUT2D eigenvalue weighted by Gasteiger charge is -2.20. The molecule has 2 amide bonds. The van der Waals surface area contributed by atoms with E-state index in [1.54, 1.807) is 6.07 Å². The molecular formula is C27H30N4O3. The van der Waals surface area contributed by atoms with Crippen LogP contribution < -0.4 is 10.1 Å². The van der Waals surface area contributed by atoms with Crippen LogP contribution in [0.25, 0.3) is 11.3 Å². The lowest BCUT2D eigenvalue weighted by molar-refractivity contribution is -0.128. The molecule has 1 aromatic heterocycles. The molecule has 1 unspecified atom stereocenters. The standard InChI is InChI=1S/C27H30N4O3/c1-17(2)24-10-11-25(30-29-24)20-5-8-23(9-6-20)34-26-12-7-22(28-19(4)32)14-21(26)16-31-15-18(3)13-27(31)33/h5-12,14,17-18H,13,15-16H2,1-4H3,(H,28,32). The first-order valence-corrected chi connectivity index (χ1v) is 11.6. The number of amides is 2. The minimum Gasteiger partial charge on any atom is -0.457 e. The van der Waals surface area contributed by atoms with E-state index in [1.165, 1.54) is 6.92 Å². The number of rotatable bonds is 7. The Morgan fingerprint density at radius 2 is 1.88 bits per heavy atom. The first kappa shape index (κ1) is 23.4. The van der Waals surface area contributed by atoms with Crippen LogP contribution in [0.1, 0.15) is 51.3 Å². The second-order valence-electron chi connectivity index (χ2n) is 9.21. The van der Waals surface area contributed by atoms with Crippen molar-refractivity contribution >= 4 is 17.5 Å². The number of hydrogen-bond donors (Lipinski definition) is 1. The van der Waals surface area contributed by atoms with Crippen molar-refractivity contribution in [2.45, 2.75) is 46.6 Å². The molecule has 7 nitrogen and oxygen atoms in total. The van der Waals surface area contributed by atoms with Gasteiger partial charge >= 0.3 is 0 Å². The molecule has 1 fully saturated rings. The maximum absolute atomic E-state index is 12.4. The molecule has 0 radical (unpaired) electrons. The third-order valence-corrected chi connectivity index (χ3v) is 5.80. The molecule has 4 rings (SSSR count).